The van der Waals surface area contributed by atoms with Gasteiger partial charge in [0.1, 0.15) is 6.33 Å². The number of carboxylic acid groups (broad SMARTS) is 1. The fourth-order valence-electron chi connectivity index (χ4n) is 1.39. The SMILES string of the molecule is O=C(O)c1cccc(NCc2cncnc2)c1. The van der Waals surface area contributed by atoms with Crippen molar-refractivity contribution in [3.63, 3.8) is 0 Å². The molecular formula is C12H11N3O2. The zero-order valence-electron chi connectivity index (χ0n) is 9.00. The summed E-state index contributed by atoms with van der Waals surface area (Å²) in [5, 5.41) is 12.0. The molecule has 0 aliphatic carbocycles. The van der Waals surface area contributed by atoms with Gasteiger partial charge in [0.25, 0.3) is 0 Å². The Labute approximate surface area is 98.2 Å². The number of benzene rings is 1. The summed E-state index contributed by atoms with van der Waals surface area (Å²) in [5.74, 6) is -0.934. The molecule has 0 saturated carbocycles. The highest BCUT2D eigenvalue weighted by molar-refractivity contribution is 5.88. The van der Waals surface area contributed by atoms with E-state index in [0.717, 1.165) is 11.3 Å². The van der Waals surface area contributed by atoms with E-state index in [1.54, 1.807) is 30.6 Å². The van der Waals surface area contributed by atoms with Gasteiger partial charge in [0.05, 0.1) is 5.56 Å². The maximum atomic E-state index is 10.8. The van der Waals surface area contributed by atoms with Gasteiger partial charge >= 0.3 is 5.97 Å². The van der Waals surface area contributed by atoms with Gasteiger partial charge in [-0.15, -0.1) is 0 Å². The smallest absolute Gasteiger partial charge is 0.335 e. The number of anilines is 1. The van der Waals surface area contributed by atoms with E-state index in [0.29, 0.717) is 6.54 Å². The molecule has 0 aliphatic heterocycles. The minimum Gasteiger partial charge on any atom is -0.478 e. The normalized spacial score (nSPS) is 9.88. The molecule has 0 aliphatic rings. The lowest BCUT2D eigenvalue weighted by Gasteiger charge is -2.06. The second-order valence-electron chi connectivity index (χ2n) is 3.49. The molecule has 1 heterocycles. The minimum atomic E-state index is -0.934. The Kier molecular flexibility index (Phi) is 3.30. The van der Waals surface area contributed by atoms with Gasteiger partial charge in [0, 0.05) is 30.2 Å². The molecule has 0 unspecified atom stereocenters. The Balaban J connectivity index is 2.04. The van der Waals surface area contributed by atoms with Crippen LogP contribution in [0, 0.1) is 0 Å². The summed E-state index contributed by atoms with van der Waals surface area (Å²) in [4.78, 5) is 18.6. The van der Waals surface area contributed by atoms with E-state index >= 15 is 0 Å². The summed E-state index contributed by atoms with van der Waals surface area (Å²) < 4.78 is 0. The van der Waals surface area contributed by atoms with E-state index < -0.39 is 5.97 Å². The number of aromatic nitrogens is 2. The van der Waals surface area contributed by atoms with Crippen molar-refractivity contribution in [2.75, 3.05) is 5.32 Å². The first kappa shape index (κ1) is 11.1. The van der Waals surface area contributed by atoms with Crippen LogP contribution in [-0.2, 0) is 6.54 Å². The van der Waals surface area contributed by atoms with E-state index in [1.165, 1.54) is 6.33 Å². The van der Waals surface area contributed by atoms with Crippen LogP contribution in [0.1, 0.15) is 15.9 Å². The Morgan fingerprint density at radius 3 is 2.76 bits per heavy atom. The van der Waals surface area contributed by atoms with Crippen molar-refractivity contribution in [2.24, 2.45) is 0 Å². The predicted octanol–water partition coefficient (Wildman–Crippen LogP) is 1.79. The second kappa shape index (κ2) is 5.07. The third-order valence-electron chi connectivity index (χ3n) is 2.22. The van der Waals surface area contributed by atoms with Gasteiger partial charge in [-0.2, -0.15) is 0 Å². The molecule has 2 rings (SSSR count). The summed E-state index contributed by atoms with van der Waals surface area (Å²) in [6.07, 6.45) is 4.89. The van der Waals surface area contributed by atoms with Crippen molar-refractivity contribution in [3.05, 3.63) is 54.1 Å². The van der Waals surface area contributed by atoms with Gasteiger partial charge in [-0.05, 0) is 18.2 Å². The number of nitrogens with one attached hydrogen (secondary N) is 1. The highest BCUT2D eigenvalue weighted by Gasteiger charge is 2.02. The zero-order valence-corrected chi connectivity index (χ0v) is 9.00. The molecule has 5 heteroatoms. The molecule has 2 N–H and O–H groups in total. The third-order valence-corrected chi connectivity index (χ3v) is 2.22. The number of carbonyl (C=O) groups is 1. The number of rotatable bonds is 4. The summed E-state index contributed by atoms with van der Waals surface area (Å²) in [5.41, 5.74) is 1.96. The van der Waals surface area contributed by atoms with Crippen LogP contribution in [0.15, 0.2) is 43.0 Å². The van der Waals surface area contributed by atoms with Crippen molar-refractivity contribution < 1.29 is 9.90 Å². The number of nitrogens with zero attached hydrogens (tertiary/aromatic N) is 2. The van der Waals surface area contributed by atoms with Gasteiger partial charge in [0.2, 0.25) is 0 Å². The van der Waals surface area contributed by atoms with Gasteiger partial charge in [-0.25, -0.2) is 14.8 Å². The van der Waals surface area contributed by atoms with E-state index in [1.807, 2.05) is 6.07 Å². The van der Waals surface area contributed by atoms with Gasteiger partial charge in [0.15, 0.2) is 0 Å². The van der Waals surface area contributed by atoms with Crippen molar-refractivity contribution in [3.8, 4) is 0 Å². The van der Waals surface area contributed by atoms with Crippen LogP contribution in [0.5, 0.6) is 0 Å². The van der Waals surface area contributed by atoms with Crippen molar-refractivity contribution in [1.29, 1.82) is 0 Å². The standard InChI is InChI=1S/C12H11N3O2/c16-12(17)10-2-1-3-11(4-10)15-7-9-5-13-8-14-6-9/h1-6,8,15H,7H2,(H,16,17). The number of hydrogen-bond donors (Lipinski definition) is 2. The lowest BCUT2D eigenvalue weighted by molar-refractivity contribution is 0.0697. The molecule has 86 valence electrons. The Hall–Kier alpha value is -2.43. The van der Waals surface area contributed by atoms with Crippen LogP contribution >= 0.6 is 0 Å². The van der Waals surface area contributed by atoms with Crippen LogP contribution < -0.4 is 5.32 Å². The number of hydrogen-bond acceptors (Lipinski definition) is 4. The molecule has 17 heavy (non-hydrogen) atoms. The number of carboxylic acids is 1. The maximum Gasteiger partial charge on any atom is 0.335 e. The molecule has 1 aromatic heterocycles. The molecule has 0 saturated heterocycles. The van der Waals surface area contributed by atoms with Crippen molar-refractivity contribution in [2.45, 2.75) is 6.54 Å². The highest BCUT2D eigenvalue weighted by Crippen LogP contribution is 2.11. The minimum absolute atomic E-state index is 0.263. The lowest BCUT2D eigenvalue weighted by Crippen LogP contribution is -2.02. The van der Waals surface area contributed by atoms with Crippen LogP contribution in [0.4, 0.5) is 5.69 Å². The molecule has 0 radical (unpaired) electrons. The van der Waals surface area contributed by atoms with E-state index in [-0.39, 0.29) is 5.56 Å². The Morgan fingerprint density at radius 2 is 2.06 bits per heavy atom. The van der Waals surface area contributed by atoms with Crippen LogP contribution in [-0.4, -0.2) is 21.0 Å². The Morgan fingerprint density at radius 1 is 1.29 bits per heavy atom. The van der Waals surface area contributed by atoms with E-state index in [2.05, 4.69) is 15.3 Å². The molecule has 0 spiro atoms. The van der Waals surface area contributed by atoms with Crippen LogP contribution in [0.2, 0.25) is 0 Å². The fourth-order valence-corrected chi connectivity index (χ4v) is 1.39. The summed E-state index contributed by atoms with van der Waals surface area (Å²) in [6.45, 7) is 0.559. The first-order valence-electron chi connectivity index (χ1n) is 5.07. The average Bonchev–Trinajstić information content (AvgIpc) is 2.38. The van der Waals surface area contributed by atoms with Gasteiger partial charge < -0.3 is 10.4 Å². The molecule has 0 amide bonds. The largest absolute Gasteiger partial charge is 0.478 e. The summed E-state index contributed by atoms with van der Waals surface area (Å²) in [6, 6.07) is 6.66. The topological polar surface area (TPSA) is 75.1 Å². The summed E-state index contributed by atoms with van der Waals surface area (Å²) in [7, 11) is 0. The van der Waals surface area contributed by atoms with Crippen molar-refractivity contribution >= 4 is 11.7 Å². The first-order chi connectivity index (χ1) is 8.25. The molecule has 1 aromatic carbocycles. The molecule has 0 atom stereocenters. The molecule has 0 bridgehead atoms. The molecule has 5 nitrogen and oxygen atoms in total. The second-order valence-corrected chi connectivity index (χ2v) is 3.49. The van der Waals surface area contributed by atoms with Crippen LogP contribution in [0.25, 0.3) is 0 Å². The van der Waals surface area contributed by atoms with Gasteiger partial charge in [-0.3, -0.25) is 0 Å². The zero-order chi connectivity index (χ0) is 12.1. The van der Waals surface area contributed by atoms with Crippen LogP contribution in [0.3, 0.4) is 0 Å². The fraction of sp³-hybridized carbons (Fsp3) is 0.0833. The quantitative estimate of drug-likeness (QED) is 0.835. The monoisotopic (exact) mass is 229 g/mol. The average molecular weight is 229 g/mol. The predicted molar refractivity (Wildman–Crippen MR) is 62.8 cm³/mol. The van der Waals surface area contributed by atoms with E-state index in [4.69, 9.17) is 5.11 Å². The highest BCUT2D eigenvalue weighted by atomic mass is 16.4. The maximum absolute atomic E-state index is 10.8. The number of aromatic carboxylic acids is 1. The Bertz CT molecular complexity index is 514. The molecule has 0 fully saturated rings. The lowest BCUT2D eigenvalue weighted by atomic mass is 10.2. The molecule has 2 aromatic rings. The summed E-state index contributed by atoms with van der Waals surface area (Å²) >= 11 is 0. The van der Waals surface area contributed by atoms with Gasteiger partial charge in [-0.1, -0.05) is 6.07 Å². The van der Waals surface area contributed by atoms with E-state index in [9.17, 15) is 4.79 Å². The molecular weight excluding hydrogens is 218 g/mol. The third kappa shape index (κ3) is 3.01. The first-order valence-corrected chi connectivity index (χ1v) is 5.07. The van der Waals surface area contributed by atoms with Crippen molar-refractivity contribution in [1.82, 2.24) is 9.97 Å².